The van der Waals surface area contributed by atoms with Gasteiger partial charge in [0.05, 0.1) is 42.1 Å². The normalized spacial score (nSPS) is 10.8. The molecule has 0 bridgehead atoms. The predicted molar refractivity (Wildman–Crippen MR) is 103 cm³/mol. The minimum absolute atomic E-state index is 0.200. The molecule has 0 saturated heterocycles. The number of aromatic nitrogens is 2. The van der Waals surface area contributed by atoms with Crippen molar-refractivity contribution < 1.29 is 18.7 Å². The third-order valence-electron chi connectivity index (χ3n) is 4.49. The summed E-state index contributed by atoms with van der Waals surface area (Å²) in [5.74, 6) is -0.585. The number of hydrogen-bond donors (Lipinski definition) is 0. The highest BCUT2D eigenvalue weighted by Gasteiger charge is 2.29. The lowest BCUT2D eigenvalue weighted by Crippen LogP contribution is -2.38. The van der Waals surface area contributed by atoms with Gasteiger partial charge in [0.15, 0.2) is 0 Å². The van der Waals surface area contributed by atoms with Crippen LogP contribution in [0.1, 0.15) is 27.5 Å². The van der Waals surface area contributed by atoms with Crippen LogP contribution in [0.2, 0.25) is 0 Å². The fourth-order valence-electron chi connectivity index (χ4n) is 3.09. The molecule has 3 rings (SSSR count). The second-order valence-electron chi connectivity index (χ2n) is 6.42. The number of para-hydroxylation sites is 1. The number of benzene rings is 1. The fraction of sp³-hybridized carbons (Fsp3) is 0.286. The summed E-state index contributed by atoms with van der Waals surface area (Å²) in [7, 11) is 1.55. The molecule has 28 heavy (non-hydrogen) atoms. The topological polar surface area (TPSA) is 77.6 Å². The van der Waals surface area contributed by atoms with Crippen molar-refractivity contribution in [1.82, 2.24) is 14.7 Å². The molecule has 0 unspecified atom stereocenters. The molecule has 3 aromatic rings. The van der Waals surface area contributed by atoms with E-state index in [1.807, 2.05) is 30.3 Å². The van der Waals surface area contributed by atoms with Crippen LogP contribution in [-0.2, 0) is 16.1 Å². The second kappa shape index (κ2) is 8.67. The molecule has 0 N–H and O–H groups in total. The highest BCUT2D eigenvalue weighted by Crippen LogP contribution is 2.19. The number of amides is 1. The second-order valence-corrected chi connectivity index (χ2v) is 6.42. The van der Waals surface area contributed by atoms with Crippen molar-refractivity contribution in [3.05, 3.63) is 71.4 Å². The van der Waals surface area contributed by atoms with Crippen molar-refractivity contribution in [3.8, 4) is 5.69 Å². The lowest BCUT2D eigenvalue weighted by atomic mass is 10.1. The maximum Gasteiger partial charge on any atom is 0.295 e. The zero-order valence-corrected chi connectivity index (χ0v) is 16.2. The minimum Gasteiger partial charge on any atom is -0.467 e. The van der Waals surface area contributed by atoms with Gasteiger partial charge in [0.2, 0.25) is 0 Å². The Morgan fingerprint density at radius 3 is 2.54 bits per heavy atom. The number of nitrogens with zero attached hydrogens (tertiary/aromatic N) is 3. The molecular formula is C21H23N3O4. The van der Waals surface area contributed by atoms with Crippen molar-refractivity contribution >= 4 is 11.7 Å². The molecular weight excluding hydrogens is 358 g/mol. The highest BCUT2D eigenvalue weighted by atomic mass is 16.5. The van der Waals surface area contributed by atoms with Crippen LogP contribution in [0.15, 0.2) is 53.1 Å². The Hall–Kier alpha value is -3.19. The van der Waals surface area contributed by atoms with E-state index in [-0.39, 0.29) is 13.1 Å². The van der Waals surface area contributed by atoms with Crippen LogP contribution < -0.4 is 0 Å². The van der Waals surface area contributed by atoms with Gasteiger partial charge in [-0.3, -0.25) is 9.59 Å². The number of ketones is 1. The summed E-state index contributed by atoms with van der Waals surface area (Å²) in [6, 6.07) is 13.0. The molecule has 0 saturated carbocycles. The highest BCUT2D eigenvalue weighted by molar-refractivity contribution is 6.43. The quantitative estimate of drug-likeness (QED) is 0.443. The summed E-state index contributed by atoms with van der Waals surface area (Å²) in [6.07, 6.45) is 1.54. The average Bonchev–Trinajstić information content (AvgIpc) is 3.32. The van der Waals surface area contributed by atoms with E-state index in [2.05, 4.69) is 5.10 Å². The lowest BCUT2D eigenvalue weighted by Gasteiger charge is -2.20. The molecule has 0 aliphatic heterocycles. The first-order chi connectivity index (χ1) is 13.5. The first kappa shape index (κ1) is 19.6. The molecule has 7 nitrogen and oxygen atoms in total. The third kappa shape index (κ3) is 4.04. The molecule has 0 spiro atoms. The van der Waals surface area contributed by atoms with Gasteiger partial charge in [-0.2, -0.15) is 5.10 Å². The van der Waals surface area contributed by atoms with E-state index in [1.54, 1.807) is 37.8 Å². The van der Waals surface area contributed by atoms with E-state index in [9.17, 15) is 9.59 Å². The van der Waals surface area contributed by atoms with Gasteiger partial charge in [-0.25, -0.2) is 4.68 Å². The Bertz CT molecular complexity index is 946. The summed E-state index contributed by atoms with van der Waals surface area (Å²) >= 11 is 0. The SMILES string of the molecule is COCCN(Cc1ccco1)C(=O)C(=O)c1c(C)nn(-c2ccccc2)c1C. The monoisotopic (exact) mass is 381 g/mol. The van der Waals surface area contributed by atoms with E-state index in [0.29, 0.717) is 29.3 Å². The van der Waals surface area contributed by atoms with Gasteiger partial charge in [0.1, 0.15) is 5.76 Å². The number of Topliss-reactive ketones (excluding diaryl/α,β-unsaturated/α-hetero) is 1. The number of furan rings is 1. The summed E-state index contributed by atoms with van der Waals surface area (Å²) in [4.78, 5) is 27.5. The van der Waals surface area contributed by atoms with Gasteiger partial charge in [-0.15, -0.1) is 0 Å². The summed E-state index contributed by atoms with van der Waals surface area (Å²) in [5.41, 5.74) is 2.31. The van der Waals surface area contributed by atoms with Gasteiger partial charge < -0.3 is 14.1 Å². The number of hydrogen-bond acceptors (Lipinski definition) is 5. The summed E-state index contributed by atoms with van der Waals surface area (Å²) < 4.78 is 12.1. The van der Waals surface area contributed by atoms with E-state index in [1.165, 1.54) is 11.2 Å². The molecule has 146 valence electrons. The molecule has 2 heterocycles. The predicted octanol–water partition coefficient (Wildman–Crippen LogP) is 2.94. The third-order valence-corrected chi connectivity index (χ3v) is 4.49. The number of rotatable bonds is 8. The fourth-order valence-corrected chi connectivity index (χ4v) is 3.09. The number of aryl methyl sites for hydroxylation is 1. The first-order valence-corrected chi connectivity index (χ1v) is 8.99. The van der Waals surface area contributed by atoms with Crippen LogP contribution in [0, 0.1) is 13.8 Å². The first-order valence-electron chi connectivity index (χ1n) is 8.99. The molecule has 0 atom stereocenters. The zero-order valence-electron chi connectivity index (χ0n) is 16.2. The van der Waals surface area contributed by atoms with E-state index in [4.69, 9.17) is 9.15 Å². The van der Waals surface area contributed by atoms with Crippen LogP contribution in [0.3, 0.4) is 0 Å². The average molecular weight is 381 g/mol. The smallest absolute Gasteiger partial charge is 0.295 e. The number of carbonyl (C=O) groups is 2. The number of methoxy groups -OCH3 is 1. The molecule has 0 radical (unpaired) electrons. The number of carbonyl (C=O) groups excluding carboxylic acids is 2. The van der Waals surface area contributed by atoms with Crippen molar-refractivity contribution in [2.24, 2.45) is 0 Å². The molecule has 7 heteroatoms. The summed E-state index contributed by atoms with van der Waals surface area (Å²) in [6.45, 7) is 4.33. The van der Waals surface area contributed by atoms with Crippen LogP contribution in [-0.4, -0.2) is 46.6 Å². The van der Waals surface area contributed by atoms with Crippen LogP contribution in [0.25, 0.3) is 5.69 Å². The van der Waals surface area contributed by atoms with Crippen LogP contribution >= 0.6 is 0 Å². The molecule has 0 fully saturated rings. The van der Waals surface area contributed by atoms with Gasteiger partial charge in [0, 0.05) is 13.7 Å². The van der Waals surface area contributed by atoms with Crippen molar-refractivity contribution in [2.75, 3.05) is 20.3 Å². The Kier molecular flexibility index (Phi) is 6.06. The standard InChI is InChI=1S/C21H23N3O4/c1-15-19(16(2)24(22-15)17-8-5-4-6-9-17)20(25)21(26)23(11-13-27-3)14-18-10-7-12-28-18/h4-10,12H,11,13-14H2,1-3H3. The molecule has 1 aromatic carbocycles. The number of ether oxygens (including phenoxy) is 1. The maximum absolute atomic E-state index is 13.0. The van der Waals surface area contributed by atoms with Crippen molar-refractivity contribution in [1.29, 1.82) is 0 Å². The van der Waals surface area contributed by atoms with Crippen LogP contribution in [0.5, 0.6) is 0 Å². The van der Waals surface area contributed by atoms with E-state index in [0.717, 1.165) is 5.69 Å². The Morgan fingerprint density at radius 2 is 1.89 bits per heavy atom. The maximum atomic E-state index is 13.0. The lowest BCUT2D eigenvalue weighted by molar-refractivity contribution is -0.127. The van der Waals surface area contributed by atoms with E-state index >= 15 is 0 Å². The van der Waals surface area contributed by atoms with Crippen LogP contribution in [0.4, 0.5) is 0 Å². The molecule has 1 amide bonds. The Balaban J connectivity index is 1.89. The van der Waals surface area contributed by atoms with Crippen molar-refractivity contribution in [2.45, 2.75) is 20.4 Å². The molecule has 2 aromatic heterocycles. The van der Waals surface area contributed by atoms with Gasteiger partial charge in [-0.05, 0) is 38.1 Å². The molecule has 0 aliphatic rings. The van der Waals surface area contributed by atoms with Gasteiger partial charge in [0.25, 0.3) is 11.7 Å². The summed E-state index contributed by atoms with van der Waals surface area (Å²) in [5, 5.41) is 4.46. The van der Waals surface area contributed by atoms with E-state index < -0.39 is 11.7 Å². The minimum atomic E-state index is -0.604. The molecule has 0 aliphatic carbocycles. The van der Waals surface area contributed by atoms with Gasteiger partial charge >= 0.3 is 0 Å². The zero-order chi connectivity index (χ0) is 20.1. The van der Waals surface area contributed by atoms with Gasteiger partial charge in [-0.1, -0.05) is 18.2 Å². The van der Waals surface area contributed by atoms with Crippen molar-refractivity contribution in [3.63, 3.8) is 0 Å². The Morgan fingerprint density at radius 1 is 1.14 bits per heavy atom. The largest absolute Gasteiger partial charge is 0.467 e. The Labute approximate surface area is 163 Å².